The van der Waals surface area contributed by atoms with Gasteiger partial charge in [-0.2, -0.15) is 0 Å². The molecule has 15 nitrogen and oxygen atoms in total. The summed E-state index contributed by atoms with van der Waals surface area (Å²) in [6, 6.07) is 13.5. The number of hydrogen-bond donors (Lipinski definition) is 5. The molecule has 11 atom stereocenters. The summed E-state index contributed by atoms with van der Waals surface area (Å²) < 4.78 is 30.0. The third kappa shape index (κ3) is 6.64. The second-order valence-electron chi connectivity index (χ2n) is 18.8. The van der Waals surface area contributed by atoms with Crippen LogP contribution in [0.25, 0.3) is 0 Å². The van der Waals surface area contributed by atoms with Crippen molar-refractivity contribution in [2.75, 3.05) is 6.61 Å². The van der Waals surface area contributed by atoms with E-state index in [9.17, 15) is 39.6 Å². The first-order valence-electron chi connectivity index (χ1n) is 20.3. The van der Waals surface area contributed by atoms with Gasteiger partial charge < -0.3 is 49.4 Å². The van der Waals surface area contributed by atoms with Crippen LogP contribution in [-0.4, -0.2) is 110 Å². The van der Waals surface area contributed by atoms with Crippen LogP contribution >= 0.6 is 0 Å². The van der Waals surface area contributed by atoms with Gasteiger partial charge in [0, 0.05) is 25.2 Å². The van der Waals surface area contributed by atoms with Crippen molar-refractivity contribution in [1.29, 1.82) is 0 Å². The first kappa shape index (κ1) is 43.4. The van der Waals surface area contributed by atoms with Crippen LogP contribution in [0.5, 0.6) is 0 Å². The quantitative estimate of drug-likeness (QED) is 0.160. The maximum Gasteiger partial charge on any atom is 0.408 e. The number of aliphatic hydroxyl groups is 4. The summed E-state index contributed by atoms with van der Waals surface area (Å²) in [6.07, 6.45) is -9.36. The van der Waals surface area contributed by atoms with Crippen LogP contribution in [0.4, 0.5) is 4.79 Å². The summed E-state index contributed by atoms with van der Waals surface area (Å²) in [5.41, 5.74) is -9.60. The second-order valence-corrected chi connectivity index (χ2v) is 18.8. The van der Waals surface area contributed by atoms with Gasteiger partial charge in [0.05, 0.1) is 35.6 Å². The highest BCUT2D eigenvalue weighted by Crippen LogP contribution is 2.64. The van der Waals surface area contributed by atoms with E-state index in [0.717, 1.165) is 12.5 Å². The molecular formula is C45H55NO14. The Morgan fingerprint density at radius 2 is 1.58 bits per heavy atom. The molecule has 1 amide bonds. The number of Topliss-reactive ketones (excluding diaryl/α,β-unsaturated/α-hetero) is 1. The maximum absolute atomic E-state index is 15.0. The number of rotatable bonds is 6. The lowest BCUT2D eigenvalue weighted by Crippen LogP contribution is -2.81. The van der Waals surface area contributed by atoms with Crippen LogP contribution < -0.4 is 5.32 Å². The Morgan fingerprint density at radius 3 is 2.20 bits per heavy atom. The molecule has 3 fully saturated rings. The first-order valence-corrected chi connectivity index (χ1v) is 20.3. The average Bonchev–Trinajstić information content (AvgIpc) is 3.16. The van der Waals surface area contributed by atoms with Gasteiger partial charge in [0.25, 0.3) is 0 Å². The van der Waals surface area contributed by atoms with Gasteiger partial charge in [0.15, 0.2) is 17.0 Å². The van der Waals surface area contributed by atoms with Crippen LogP contribution in [0, 0.1) is 16.7 Å². The molecular weight excluding hydrogens is 778 g/mol. The minimum Gasteiger partial charge on any atom is -0.456 e. The number of carbonyl (C=O) groups is 5. The zero-order valence-corrected chi connectivity index (χ0v) is 35.1. The first-order chi connectivity index (χ1) is 27.9. The summed E-state index contributed by atoms with van der Waals surface area (Å²) in [5.74, 6) is -5.28. The van der Waals surface area contributed by atoms with Gasteiger partial charge in [-0.1, -0.05) is 56.3 Å². The summed E-state index contributed by atoms with van der Waals surface area (Å²) in [4.78, 5) is 70.0. The summed E-state index contributed by atoms with van der Waals surface area (Å²) in [7, 11) is 0. The minimum atomic E-state index is -2.39. The van der Waals surface area contributed by atoms with E-state index in [4.69, 9.17) is 23.7 Å². The number of aryl methyl sites for hydroxylation is 1. The summed E-state index contributed by atoms with van der Waals surface area (Å²) >= 11 is 0. The largest absolute Gasteiger partial charge is 0.456 e. The molecule has 2 saturated carbocycles. The van der Waals surface area contributed by atoms with Gasteiger partial charge in [-0.05, 0) is 81.9 Å². The van der Waals surface area contributed by atoms with Crippen molar-refractivity contribution in [3.05, 3.63) is 82.4 Å². The number of ether oxygens (including phenoxy) is 5. The number of esters is 3. The lowest BCUT2D eigenvalue weighted by molar-refractivity contribution is -0.346. The van der Waals surface area contributed by atoms with Crippen molar-refractivity contribution >= 4 is 29.8 Å². The van der Waals surface area contributed by atoms with Crippen LogP contribution in [0.1, 0.15) is 102 Å². The average molecular weight is 834 g/mol. The molecule has 2 aromatic rings. The lowest BCUT2D eigenvalue weighted by Gasteiger charge is -2.67. The number of alkyl carbamates (subject to hydrolysis) is 1. The molecule has 15 heteroatoms. The van der Waals surface area contributed by atoms with Crippen LogP contribution in [0.3, 0.4) is 0 Å². The molecule has 60 heavy (non-hydrogen) atoms. The fraction of sp³-hybridized carbons (Fsp3) is 0.578. The molecule has 324 valence electrons. The number of aliphatic hydroxyl groups excluding tert-OH is 2. The van der Waals surface area contributed by atoms with Gasteiger partial charge in [-0.3, -0.25) is 9.59 Å². The van der Waals surface area contributed by atoms with Crippen molar-refractivity contribution in [2.45, 2.75) is 140 Å². The van der Waals surface area contributed by atoms with E-state index in [2.05, 4.69) is 5.32 Å². The van der Waals surface area contributed by atoms with Crippen LogP contribution in [0.15, 0.2) is 65.7 Å². The Kier molecular flexibility index (Phi) is 10.7. The third-order valence-corrected chi connectivity index (χ3v) is 13.8. The van der Waals surface area contributed by atoms with E-state index in [1.165, 1.54) is 26.0 Å². The number of hydrogen-bond acceptors (Lipinski definition) is 14. The molecule has 1 unspecified atom stereocenters. The zero-order chi connectivity index (χ0) is 44.0. The minimum absolute atomic E-state index is 0.0513. The number of amides is 1. The third-order valence-electron chi connectivity index (χ3n) is 13.8. The van der Waals surface area contributed by atoms with E-state index in [0.29, 0.717) is 5.56 Å². The molecule has 7 rings (SSSR count). The SMILES string of the molecule is CC(=O)O[C@@]12CO[C@@H]1C[C@H](O)[C@@]1(C)C(=O)[C@H](O)C3=C(C)C(OC(=O)[C@@]4(O)CCc5ccccc5[C@@H]4NC(=O)OC(C)(C)C)C[C@@](O)([C@@H](OC(=O)c4ccccc4)[C@H]21)C3(C)C. The predicted octanol–water partition coefficient (Wildman–Crippen LogP) is 3.58. The zero-order valence-electron chi connectivity index (χ0n) is 35.1. The molecule has 5 aliphatic rings. The topological polar surface area (TPSA) is 224 Å². The van der Waals surface area contributed by atoms with Gasteiger partial charge in [-0.25, -0.2) is 14.4 Å². The molecule has 5 N–H and O–H groups in total. The molecule has 0 radical (unpaired) electrons. The Morgan fingerprint density at radius 1 is 0.933 bits per heavy atom. The van der Waals surface area contributed by atoms with Crippen molar-refractivity contribution in [1.82, 2.24) is 5.32 Å². The summed E-state index contributed by atoms with van der Waals surface area (Å²) in [6.45, 7) is 11.9. The van der Waals surface area contributed by atoms with Crippen LogP contribution in [0.2, 0.25) is 0 Å². The van der Waals surface area contributed by atoms with Gasteiger partial charge >= 0.3 is 24.0 Å². The van der Waals surface area contributed by atoms with Gasteiger partial charge in [0.1, 0.15) is 35.6 Å². The van der Waals surface area contributed by atoms with E-state index >= 15 is 4.79 Å². The monoisotopic (exact) mass is 833 g/mol. The standard InChI is InChI=1S/C45H55NO14/c1-23-28(57-38(52)43(54)19-18-25-14-12-13-17-27(25)34(43)46-39(53)60-40(3,4)5)21-45(55)36(58-37(51)26-15-10-9-11-16-26)33-42(8,35(50)32(49)31(23)41(45,6)7)29(48)20-30-44(33,22-56-30)59-24(2)47/h9-17,28-30,32-34,36,48-49,54-55H,18-22H2,1-8H3,(H,46,53)/t28?,29-,30+,32+,33-,34-,36-,42+,43+,44-,45+/m0/s1. The number of carbonyl (C=O) groups excluding carboxylic acids is 5. The number of ketones is 1. The highest BCUT2D eigenvalue weighted by atomic mass is 16.6. The molecule has 2 bridgehead atoms. The highest BCUT2D eigenvalue weighted by molar-refractivity contribution is 5.94. The lowest BCUT2D eigenvalue weighted by atomic mass is 9.44. The molecule has 1 aliphatic heterocycles. The summed E-state index contributed by atoms with van der Waals surface area (Å²) in [5, 5.41) is 52.8. The van der Waals surface area contributed by atoms with E-state index in [1.54, 1.807) is 71.0 Å². The highest BCUT2D eigenvalue weighted by Gasteiger charge is 2.78. The molecule has 1 heterocycles. The normalized spacial score (nSPS) is 36.7. The molecule has 0 aromatic heterocycles. The number of benzene rings is 2. The molecule has 4 aliphatic carbocycles. The van der Waals surface area contributed by atoms with E-state index in [-0.39, 0.29) is 42.6 Å². The van der Waals surface area contributed by atoms with Crippen LogP contribution in [-0.2, 0) is 44.5 Å². The van der Waals surface area contributed by atoms with Crippen molar-refractivity contribution in [3.63, 3.8) is 0 Å². The smallest absolute Gasteiger partial charge is 0.408 e. The molecule has 2 aromatic carbocycles. The predicted molar refractivity (Wildman–Crippen MR) is 211 cm³/mol. The van der Waals surface area contributed by atoms with Gasteiger partial charge in [-0.15, -0.1) is 0 Å². The fourth-order valence-electron chi connectivity index (χ4n) is 10.6. The Bertz CT molecular complexity index is 2130. The maximum atomic E-state index is 15.0. The van der Waals surface area contributed by atoms with Crippen molar-refractivity contribution < 1.29 is 68.1 Å². The fourth-order valence-corrected chi connectivity index (χ4v) is 10.6. The van der Waals surface area contributed by atoms with Crippen molar-refractivity contribution in [3.8, 4) is 0 Å². The van der Waals surface area contributed by atoms with E-state index < -0.39 is 112 Å². The van der Waals surface area contributed by atoms with E-state index in [1.807, 2.05) is 6.07 Å². The molecule has 0 spiro atoms. The van der Waals surface area contributed by atoms with Gasteiger partial charge in [0.2, 0.25) is 0 Å². The van der Waals surface area contributed by atoms with Crippen molar-refractivity contribution in [2.24, 2.45) is 16.7 Å². The Labute approximate surface area is 348 Å². The Hall–Kier alpha value is -4.67. The molecule has 1 saturated heterocycles. The second kappa shape index (κ2) is 14.8. The Balaban J connectivity index is 1.37. The number of fused-ring (bicyclic) bond motifs is 6. The number of nitrogens with one attached hydrogen (secondary N) is 1.